The summed E-state index contributed by atoms with van der Waals surface area (Å²) in [7, 11) is 0. The average Bonchev–Trinajstić information content (AvgIpc) is 2.89. The number of carbonyl (C=O) groups excluding carboxylic acids is 1. The van der Waals surface area contributed by atoms with Crippen molar-refractivity contribution in [1.82, 2.24) is 14.9 Å². The van der Waals surface area contributed by atoms with Gasteiger partial charge in [0.2, 0.25) is 5.91 Å². The molecule has 3 aliphatic heterocycles. The number of hydrogen-bond acceptors (Lipinski definition) is 7. The van der Waals surface area contributed by atoms with Crippen LogP contribution in [0.1, 0.15) is 12.8 Å². The Bertz CT molecular complexity index is 888. The van der Waals surface area contributed by atoms with Gasteiger partial charge in [0.1, 0.15) is 6.33 Å². The van der Waals surface area contributed by atoms with E-state index in [2.05, 4.69) is 53.8 Å². The van der Waals surface area contributed by atoms with Gasteiger partial charge in [-0.1, -0.05) is 18.2 Å². The highest BCUT2D eigenvalue weighted by molar-refractivity contribution is 5.80. The standard InChI is InChI=1S/C24H32N6O2/c31-24(30-12-10-27(11-13-30)21-4-2-1-3-5-21)20-6-8-28(9-7-20)22-18-25-19-26-23(22)29-14-16-32-17-15-29/h1-5,18-20H,6-17H2. The van der Waals surface area contributed by atoms with Gasteiger partial charge in [0, 0.05) is 64.0 Å². The number of ether oxygens (including phenoxy) is 1. The number of benzene rings is 1. The van der Waals surface area contributed by atoms with Gasteiger partial charge in [0.25, 0.3) is 0 Å². The zero-order valence-corrected chi connectivity index (χ0v) is 18.6. The monoisotopic (exact) mass is 436 g/mol. The van der Waals surface area contributed by atoms with Crippen molar-refractivity contribution in [3.63, 3.8) is 0 Å². The Morgan fingerprint density at radius 3 is 2.28 bits per heavy atom. The third-order valence-corrected chi connectivity index (χ3v) is 6.88. The second-order valence-electron chi connectivity index (χ2n) is 8.74. The van der Waals surface area contributed by atoms with Gasteiger partial charge in [-0.05, 0) is 25.0 Å². The molecule has 3 aliphatic rings. The summed E-state index contributed by atoms with van der Waals surface area (Å²) in [5, 5.41) is 0. The molecule has 32 heavy (non-hydrogen) atoms. The smallest absolute Gasteiger partial charge is 0.225 e. The van der Waals surface area contributed by atoms with Crippen LogP contribution < -0.4 is 14.7 Å². The minimum absolute atomic E-state index is 0.117. The number of piperidine rings is 1. The molecular weight excluding hydrogens is 404 g/mol. The third-order valence-electron chi connectivity index (χ3n) is 6.88. The molecule has 0 spiro atoms. The maximum atomic E-state index is 13.2. The SMILES string of the molecule is O=C(C1CCN(c2cncnc2N2CCOCC2)CC1)N1CCN(c2ccccc2)CC1. The minimum Gasteiger partial charge on any atom is -0.378 e. The molecule has 0 radical (unpaired) electrons. The summed E-state index contributed by atoms with van der Waals surface area (Å²) >= 11 is 0. The fraction of sp³-hybridized carbons (Fsp3) is 0.542. The molecule has 1 amide bonds. The number of aromatic nitrogens is 2. The van der Waals surface area contributed by atoms with Crippen molar-refractivity contribution in [3.05, 3.63) is 42.9 Å². The van der Waals surface area contributed by atoms with Gasteiger partial charge in [0.05, 0.1) is 25.1 Å². The van der Waals surface area contributed by atoms with E-state index in [9.17, 15) is 4.79 Å². The Labute approximate surface area is 189 Å². The van der Waals surface area contributed by atoms with Crippen molar-refractivity contribution >= 4 is 23.1 Å². The van der Waals surface area contributed by atoms with E-state index in [1.54, 1.807) is 6.33 Å². The Morgan fingerprint density at radius 1 is 0.844 bits per heavy atom. The van der Waals surface area contributed by atoms with Crippen LogP contribution in [0.15, 0.2) is 42.9 Å². The lowest BCUT2D eigenvalue weighted by atomic mass is 9.94. The van der Waals surface area contributed by atoms with Crippen LogP contribution in [0.2, 0.25) is 0 Å². The number of para-hydroxylation sites is 1. The lowest BCUT2D eigenvalue weighted by Crippen LogP contribution is -2.51. The molecule has 5 rings (SSSR count). The molecule has 0 aliphatic carbocycles. The second kappa shape index (κ2) is 9.73. The molecule has 1 aromatic heterocycles. The van der Waals surface area contributed by atoms with E-state index in [4.69, 9.17) is 4.74 Å². The van der Waals surface area contributed by atoms with Crippen LogP contribution in [-0.2, 0) is 9.53 Å². The first-order chi connectivity index (χ1) is 15.8. The fourth-order valence-corrected chi connectivity index (χ4v) is 5.01. The van der Waals surface area contributed by atoms with Crippen LogP contribution in [-0.4, -0.2) is 86.3 Å². The summed E-state index contributed by atoms with van der Waals surface area (Å²) in [5.74, 6) is 1.44. The first-order valence-electron chi connectivity index (χ1n) is 11.8. The van der Waals surface area contributed by atoms with E-state index in [1.165, 1.54) is 5.69 Å². The molecule has 3 fully saturated rings. The summed E-state index contributed by atoms with van der Waals surface area (Å²) in [6.07, 6.45) is 5.31. The number of amides is 1. The number of rotatable bonds is 4. The molecule has 0 saturated carbocycles. The zero-order valence-electron chi connectivity index (χ0n) is 18.6. The van der Waals surface area contributed by atoms with Gasteiger partial charge < -0.3 is 24.3 Å². The molecular formula is C24H32N6O2. The van der Waals surface area contributed by atoms with E-state index in [0.29, 0.717) is 5.91 Å². The highest BCUT2D eigenvalue weighted by Crippen LogP contribution is 2.31. The van der Waals surface area contributed by atoms with Gasteiger partial charge >= 0.3 is 0 Å². The molecule has 8 nitrogen and oxygen atoms in total. The van der Waals surface area contributed by atoms with Crippen molar-refractivity contribution in [2.24, 2.45) is 5.92 Å². The molecule has 0 N–H and O–H groups in total. The Kier molecular flexibility index (Phi) is 6.39. The molecule has 170 valence electrons. The van der Waals surface area contributed by atoms with E-state index in [1.807, 2.05) is 12.3 Å². The topological polar surface area (TPSA) is 65.0 Å². The first-order valence-corrected chi connectivity index (χ1v) is 11.8. The van der Waals surface area contributed by atoms with Crippen LogP contribution >= 0.6 is 0 Å². The Hall–Kier alpha value is -2.87. The second-order valence-corrected chi connectivity index (χ2v) is 8.74. The van der Waals surface area contributed by atoms with Crippen molar-refractivity contribution in [2.75, 3.05) is 80.3 Å². The fourth-order valence-electron chi connectivity index (χ4n) is 5.01. The summed E-state index contributed by atoms with van der Waals surface area (Å²) in [6.45, 7) is 8.33. The maximum absolute atomic E-state index is 13.2. The van der Waals surface area contributed by atoms with Crippen LogP contribution in [0.25, 0.3) is 0 Å². The highest BCUT2D eigenvalue weighted by atomic mass is 16.5. The van der Waals surface area contributed by atoms with Gasteiger partial charge in [-0.15, -0.1) is 0 Å². The predicted octanol–water partition coefficient (Wildman–Crippen LogP) is 1.88. The number of carbonyl (C=O) groups is 1. The number of piperazine rings is 1. The molecule has 3 saturated heterocycles. The lowest BCUT2D eigenvalue weighted by Gasteiger charge is -2.40. The average molecular weight is 437 g/mol. The van der Waals surface area contributed by atoms with Gasteiger partial charge in [-0.2, -0.15) is 0 Å². The van der Waals surface area contributed by atoms with Crippen molar-refractivity contribution in [2.45, 2.75) is 12.8 Å². The van der Waals surface area contributed by atoms with Gasteiger partial charge in [-0.25, -0.2) is 9.97 Å². The lowest BCUT2D eigenvalue weighted by molar-refractivity contribution is -0.136. The van der Waals surface area contributed by atoms with Crippen LogP contribution in [0.5, 0.6) is 0 Å². The van der Waals surface area contributed by atoms with Crippen LogP contribution in [0.3, 0.4) is 0 Å². The summed E-state index contributed by atoms with van der Waals surface area (Å²) < 4.78 is 5.49. The van der Waals surface area contributed by atoms with E-state index >= 15 is 0 Å². The molecule has 0 bridgehead atoms. The predicted molar refractivity (Wildman–Crippen MR) is 125 cm³/mol. The number of nitrogens with zero attached hydrogens (tertiary/aromatic N) is 6. The molecule has 0 unspecified atom stereocenters. The number of morpholine rings is 1. The third kappa shape index (κ3) is 4.50. The first kappa shape index (κ1) is 21.0. The normalized spacial score (nSPS) is 20.5. The highest BCUT2D eigenvalue weighted by Gasteiger charge is 2.32. The maximum Gasteiger partial charge on any atom is 0.225 e. The summed E-state index contributed by atoms with van der Waals surface area (Å²) in [5.41, 5.74) is 2.32. The van der Waals surface area contributed by atoms with E-state index in [0.717, 1.165) is 89.9 Å². The number of anilines is 3. The van der Waals surface area contributed by atoms with E-state index < -0.39 is 0 Å². The quantitative estimate of drug-likeness (QED) is 0.725. The molecule has 2 aromatic rings. The molecule has 4 heterocycles. The number of hydrogen-bond donors (Lipinski definition) is 0. The van der Waals surface area contributed by atoms with Crippen molar-refractivity contribution in [3.8, 4) is 0 Å². The van der Waals surface area contributed by atoms with Gasteiger partial charge in [0.15, 0.2) is 5.82 Å². The molecule has 1 aromatic carbocycles. The largest absolute Gasteiger partial charge is 0.378 e. The molecule has 0 atom stereocenters. The Morgan fingerprint density at radius 2 is 1.56 bits per heavy atom. The summed E-state index contributed by atoms with van der Waals surface area (Å²) in [4.78, 5) is 31.1. The van der Waals surface area contributed by atoms with E-state index in [-0.39, 0.29) is 5.92 Å². The minimum atomic E-state index is 0.117. The zero-order chi connectivity index (χ0) is 21.8. The summed E-state index contributed by atoms with van der Waals surface area (Å²) in [6, 6.07) is 10.5. The molecule has 8 heteroatoms. The van der Waals surface area contributed by atoms with Crippen molar-refractivity contribution in [1.29, 1.82) is 0 Å². The Balaban J connectivity index is 1.16. The van der Waals surface area contributed by atoms with Crippen molar-refractivity contribution < 1.29 is 9.53 Å². The van der Waals surface area contributed by atoms with Crippen LogP contribution in [0.4, 0.5) is 17.2 Å². The van der Waals surface area contributed by atoms with Crippen LogP contribution in [0, 0.1) is 5.92 Å². The van der Waals surface area contributed by atoms with Gasteiger partial charge in [-0.3, -0.25) is 4.79 Å².